The van der Waals surface area contributed by atoms with Gasteiger partial charge in [0.15, 0.2) is 31.9 Å². The summed E-state index contributed by atoms with van der Waals surface area (Å²) < 4.78 is 53.2. The van der Waals surface area contributed by atoms with Gasteiger partial charge >= 0.3 is 6.16 Å². The van der Waals surface area contributed by atoms with Crippen LogP contribution in [0.3, 0.4) is 0 Å². The highest BCUT2D eigenvalue weighted by molar-refractivity contribution is 7.91. The molecule has 0 spiro atoms. The summed E-state index contributed by atoms with van der Waals surface area (Å²) in [5.41, 5.74) is 0. The molecule has 9 heteroatoms. The molecule has 2 atom stereocenters. The molecule has 0 aromatic carbocycles. The van der Waals surface area contributed by atoms with Crippen LogP contribution in [0.4, 0.5) is 4.79 Å². The lowest BCUT2D eigenvalue weighted by Crippen LogP contribution is -2.35. The number of ether oxygens (including phenoxy) is 2. The van der Waals surface area contributed by atoms with Gasteiger partial charge < -0.3 is 9.47 Å². The molecule has 94 valence electrons. The predicted molar refractivity (Wildman–Crippen MR) is 54.6 cm³/mol. The molecule has 0 radical (unpaired) electrons. The molecule has 0 N–H and O–H groups in total. The highest BCUT2D eigenvalue weighted by Gasteiger charge is 2.40. The van der Waals surface area contributed by atoms with E-state index in [1.807, 2.05) is 0 Å². The zero-order valence-corrected chi connectivity index (χ0v) is 10.4. The van der Waals surface area contributed by atoms with Crippen molar-refractivity contribution in [3.63, 3.8) is 0 Å². The molecule has 0 amide bonds. The Morgan fingerprint density at radius 1 is 0.938 bits per heavy atom. The smallest absolute Gasteiger partial charge is 0.426 e. The van der Waals surface area contributed by atoms with Crippen LogP contribution in [0.2, 0.25) is 0 Å². The third-order valence-electron chi connectivity index (χ3n) is 1.84. The van der Waals surface area contributed by atoms with E-state index in [0.717, 1.165) is 12.5 Å². The van der Waals surface area contributed by atoms with E-state index >= 15 is 0 Å². The molecular formula is C7H12O7S2. The van der Waals surface area contributed by atoms with Crippen molar-refractivity contribution < 1.29 is 31.1 Å². The summed E-state index contributed by atoms with van der Waals surface area (Å²) in [6.07, 6.45) is -1.22. The van der Waals surface area contributed by atoms with Crippen LogP contribution in [-0.2, 0) is 29.1 Å². The topological polar surface area (TPSA) is 104 Å². The lowest BCUT2D eigenvalue weighted by atomic mass is 10.3. The molecule has 1 aliphatic rings. The average Bonchev–Trinajstić information content (AvgIpc) is 2.23. The molecule has 7 nitrogen and oxygen atoms in total. The first-order valence-electron chi connectivity index (χ1n) is 4.29. The van der Waals surface area contributed by atoms with Crippen LogP contribution in [0.1, 0.15) is 0 Å². The third-order valence-corrected chi connectivity index (χ3v) is 3.71. The van der Waals surface area contributed by atoms with E-state index in [1.54, 1.807) is 0 Å². The third kappa shape index (κ3) is 4.35. The molecule has 0 aromatic heterocycles. The number of hydrogen-bond acceptors (Lipinski definition) is 7. The van der Waals surface area contributed by atoms with Crippen molar-refractivity contribution in [2.45, 2.75) is 12.2 Å². The van der Waals surface area contributed by atoms with E-state index in [4.69, 9.17) is 0 Å². The Bertz CT molecular complexity index is 431. The quantitative estimate of drug-likeness (QED) is 0.603. The van der Waals surface area contributed by atoms with Crippen molar-refractivity contribution in [2.24, 2.45) is 0 Å². The number of sulfone groups is 2. The Morgan fingerprint density at radius 2 is 1.25 bits per heavy atom. The van der Waals surface area contributed by atoms with E-state index in [-0.39, 0.29) is 0 Å². The van der Waals surface area contributed by atoms with Crippen LogP contribution in [-0.4, -0.2) is 59.2 Å². The van der Waals surface area contributed by atoms with Crippen molar-refractivity contribution >= 4 is 25.8 Å². The Morgan fingerprint density at radius 3 is 1.50 bits per heavy atom. The Labute approximate surface area is 93.6 Å². The van der Waals surface area contributed by atoms with Gasteiger partial charge in [0.25, 0.3) is 0 Å². The Kier molecular flexibility index (Phi) is 3.48. The zero-order valence-electron chi connectivity index (χ0n) is 8.74. The van der Waals surface area contributed by atoms with Crippen molar-refractivity contribution in [1.29, 1.82) is 0 Å². The molecule has 16 heavy (non-hydrogen) atoms. The zero-order chi connectivity index (χ0) is 12.6. The van der Waals surface area contributed by atoms with Crippen LogP contribution in [0.5, 0.6) is 0 Å². The van der Waals surface area contributed by atoms with E-state index in [2.05, 4.69) is 9.47 Å². The SMILES string of the molecule is CS(=O)(=O)CC1OC(=O)OC1CS(C)(=O)=O. The van der Waals surface area contributed by atoms with Crippen molar-refractivity contribution in [2.75, 3.05) is 24.0 Å². The highest BCUT2D eigenvalue weighted by atomic mass is 32.2. The van der Waals surface area contributed by atoms with Crippen LogP contribution < -0.4 is 0 Å². The predicted octanol–water partition coefficient (Wildman–Crippen LogP) is -1.02. The van der Waals surface area contributed by atoms with Gasteiger partial charge in [-0.2, -0.15) is 0 Å². The number of carbonyl (C=O) groups is 1. The first-order valence-corrected chi connectivity index (χ1v) is 8.42. The largest absolute Gasteiger partial charge is 0.509 e. The van der Waals surface area contributed by atoms with Crippen molar-refractivity contribution in [3.8, 4) is 0 Å². The fourth-order valence-corrected chi connectivity index (χ4v) is 3.07. The van der Waals surface area contributed by atoms with E-state index in [0.29, 0.717) is 0 Å². The van der Waals surface area contributed by atoms with E-state index < -0.39 is 49.5 Å². The maximum absolute atomic E-state index is 11.0. The molecule has 0 saturated carbocycles. The second-order valence-corrected chi connectivity index (χ2v) is 8.12. The van der Waals surface area contributed by atoms with Gasteiger partial charge in [-0.15, -0.1) is 0 Å². The summed E-state index contributed by atoms with van der Waals surface area (Å²) in [6.45, 7) is 0. The van der Waals surface area contributed by atoms with Gasteiger partial charge in [0.2, 0.25) is 0 Å². The van der Waals surface area contributed by atoms with Gasteiger partial charge in [-0.3, -0.25) is 0 Å². The number of hydrogen-bond donors (Lipinski definition) is 0. The highest BCUT2D eigenvalue weighted by Crippen LogP contribution is 2.18. The standard InChI is InChI=1S/C7H12O7S2/c1-15(9,10)3-5-6(4-16(2,11)12)14-7(8)13-5/h5-6H,3-4H2,1-2H3. The molecule has 1 heterocycles. The molecule has 1 aliphatic heterocycles. The second-order valence-electron chi connectivity index (χ2n) is 3.75. The summed E-state index contributed by atoms with van der Waals surface area (Å²) >= 11 is 0. The lowest BCUT2D eigenvalue weighted by molar-refractivity contribution is 0.119. The summed E-state index contributed by atoms with van der Waals surface area (Å²) in [5, 5.41) is 0. The van der Waals surface area contributed by atoms with E-state index in [1.165, 1.54) is 0 Å². The van der Waals surface area contributed by atoms with Crippen LogP contribution in [0, 0.1) is 0 Å². The van der Waals surface area contributed by atoms with Crippen LogP contribution >= 0.6 is 0 Å². The van der Waals surface area contributed by atoms with Gasteiger partial charge in [-0.1, -0.05) is 0 Å². The number of cyclic esters (lactones) is 2. The fraction of sp³-hybridized carbons (Fsp3) is 0.857. The molecule has 0 bridgehead atoms. The van der Waals surface area contributed by atoms with Crippen LogP contribution in [0.25, 0.3) is 0 Å². The Balaban J connectivity index is 2.79. The van der Waals surface area contributed by atoms with Gasteiger partial charge in [0.1, 0.15) is 0 Å². The maximum atomic E-state index is 11.0. The second kappa shape index (κ2) is 4.21. The minimum absolute atomic E-state index is 0.446. The molecule has 2 unspecified atom stereocenters. The fourth-order valence-electron chi connectivity index (χ4n) is 1.31. The molecule has 1 fully saturated rings. The first-order chi connectivity index (χ1) is 7.07. The molecule has 1 rings (SSSR count). The molecular weight excluding hydrogens is 260 g/mol. The lowest BCUT2D eigenvalue weighted by Gasteiger charge is -2.12. The van der Waals surface area contributed by atoms with Crippen molar-refractivity contribution in [1.82, 2.24) is 0 Å². The van der Waals surface area contributed by atoms with Gasteiger partial charge in [0, 0.05) is 12.5 Å². The monoisotopic (exact) mass is 272 g/mol. The van der Waals surface area contributed by atoms with Gasteiger partial charge in [-0.05, 0) is 0 Å². The van der Waals surface area contributed by atoms with Crippen molar-refractivity contribution in [3.05, 3.63) is 0 Å². The number of carbonyl (C=O) groups excluding carboxylic acids is 1. The normalized spacial score (nSPS) is 26.2. The van der Waals surface area contributed by atoms with E-state index in [9.17, 15) is 21.6 Å². The Hall–Kier alpha value is -0.830. The minimum Gasteiger partial charge on any atom is -0.426 e. The molecule has 0 aromatic rings. The summed E-state index contributed by atoms with van der Waals surface area (Å²) in [7, 11) is -6.74. The molecule has 1 saturated heterocycles. The van der Waals surface area contributed by atoms with Gasteiger partial charge in [0.05, 0.1) is 11.5 Å². The summed E-state index contributed by atoms with van der Waals surface area (Å²) in [6, 6.07) is 0. The van der Waals surface area contributed by atoms with Gasteiger partial charge in [-0.25, -0.2) is 21.6 Å². The average molecular weight is 272 g/mol. The first kappa shape index (κ1) is 13.2. The summed E-state index contributed by atoms with van der Waals surface area (Å²) in [5.74, 6) is -0.891. The summed E-state index contributed by atoms with van der Waals surface area (Å²) in [4.78, 5) is 10.8. The molecule has 0 aliphatic carbocycles. The maximum Gasteiger partial charge on any atom is 0.509 e. The van der Waals surface area contributed by atoms with Crippen LogP contribution in [0.15, 0.2) is 0 Å². The minimum atomic E-state index is -3.37. The number of rotatable bonds is 4.